The van der Waals surface area contributed by atoms with Crippen molar-refractivity contribution in [3.63, 3.8) is 0 Å². The fourth-order valence-electron chi connectivity index (χ4n) is 2.26. The van der Waals surface area contributed by atoms with E-state index in [1.165, 1.54) is 22.9 Å². The lowest BCUT2D eigenvalue weighted by Gasteiger charge is -2.09. The average Bonchev–Trinajstić information content (AvgIpc) is 2.86. The van der Waals surface area contributed by atoms with Crippen LogP contribution in [-0.2, 0) is 5.88 Å². The van der Waals surface area contributed by atoms with E-state index < -0.39 is 12.2 Å². The number of para-hydroxylation sites is 1. The molecule has 3 nitrogen and oxygen atoms in total. The van der Waals surface area contributed by atoms with Gasteiger partial charge >= 0.3 is 6.36 Å². The minimum atomic E-state index is -4.77. The Hall–Kier alpha value is -2.28. The fraction of sp³-hybridized carbons (Fsp3) is 0.133. The Morgan fingerprint density at radius 3 is 2.39 bits per heavy atom. The van der Waals surface area contributed by atoms with E-state index in [4.69, 9.17) is 11.6 Å². The van der Waals surface area contributed by atoms with Gasteiger partial charge in [0.25, 0.3) is 0 Å². The van der Waals surface area contributed by atoms with Crippen LogP contribution in [-0.4, -0.2) is 16.1 Å². The number of halogens is 5. The summed E-state index contributed by atoms with van der Waals surface area (Å²) in [4.78, 5) is 0. The van der Waals surface area contributed by atoms with Crippen molar-refractivity contribution in [2.24, 2.45) is 0 Å². The summed E-state index contributed by atoms with van der Waals surface area (Å²) in [7, 11) is 0. The molecular formula is C15H9ClF4N2O. The van der Waals surface area contributed by atoms with Crippen molar-refractivity contribution < 1.29 is 22.3 Å². The first kappa shape index (κ1) is 15.6. The molecular weight excluding hydrogens is 336 g/mol. The number of aromatic nitrogens is 2. The number of ether oxygens (including phenoxy) is 1. The van der Waals surface area contributed by atoms with E-state index in [0.29, 0.717) is 16.8 Å². The highest BCUT2D eigenvalue weighted by molar-refractivity contribution is 6.17. The van der Waals surface area contributed by atoms with Gasteiger partial charge in [-0.3, -0.25) is 0 Å². The first-order valence-corrected chi connectivity index (χ1v) is 7.01. The molecule has 8 heteroatoms. The average molecular weight is 345 g/mol. The SMILES string of the molecule is Fc1cccc2c(CCl)nn(-c3ccc(OC(F)(F)F)cc3)c12. The van der Waals surface area contributed by atoms with E-state index >= 15 is 0 Å². The summed E-state index contributed by atoms with van der Waals surface area (Å²) >= 11 is 5.81. The molecule has 120 valence electrons. The predicted octanol–water partition coefficient (Wildman–Crippen LogP) is 4.80. The number of alkyl halides is 4. The van der Waals surface area contributed by atoms with Crippen molar-refractivity contribution in [3.05, 3.63) is 54.0 Å². The van der Waals surface area contributed by atoms with Gasteiger partial charge in [-0.05, 0) is 30.3 Å². The fourth-order valence-corrected chi connectivity index (χ4v) is 2.46. The molecule has 0 saturated carbocycles. The normalized spacial score (nSPS) is 11.9. The molecule has 0 saturated heterocycles. The van der Waals surface area contributed by atoms with Gasteiger partial charge in [0, 0.05) is 5.39 Å². The lowest BCUT2D eigenvalue weighted by atomic mass is 10.2. The Morgan fingerprint density at radius 2 is 1.78 bits per heavy atom. The van der Waals surface area contributed by atoms with E-state index in [2.05, 4.69) is 9.84 Å². The second kappa shape index (κ2) is 5.73. The largest absolute Gasteiger partial charge is 0.573 e. The monoisotopic (exact) mass is 344 g/mol. The molecule has 0 spiro atoms. The van der Waals surface area contributed by atoms with E-state index in [-0.39, 0.29) is 17.1 Å². The Bertz CT molecular complexity index is 843. The van der Waals surface area contributed by atoms with Gasteiger partial charge in [-0.25, -0.2) is 9.07 Å². The van der Waals surface area contributed by atoms with Crippen LogP contribution in [0.3, 0.4) is 0 Å². The molecule has 23 heavy (non-hydrogen) atoms. The summed E-state index contributed by atoms with van der Waals surface area (Å²) in [5.74, 6) is -0.778. The maximum absolute atomic E-state index is 14.1. The lowest BCUT2D eigenvalue weighted by molar-refractivity contribution is -0.274. The molecule has 0 aliphatic carbocycles. The molecule has 0 N–H and O–H groups in total. The first-order valence-electron chi connectivity index (χ1n) is 6.47. The quantitative estimate of drug-likeness (QED) is 0.504. The van der Waals surface area contributed by atoms with E-state index in [1.54, 1.807) is 12.1 Å². The molecule has 2 aromatic carbocycles. The molecule has 0 atom stereocenters. The second-order valence-corrected chi connectivity index (χ2v) is 4.94. The van der Waals surface area contributed by atoms with Crippen LogP contribution in [0.25, 0.3) is 16.6 Å². The van der Waals surface area contributed by atoms with Gasteiger partial charge in [-0.1, -0.05) is 12.1 Å². The van der Waals surface area contributed by atoms with Crippen molar-refractivity contribution in [1.82, 2.24) is 9.78 Å². The van der Waals surface area contributed by atoms with E-state index in [1.807, 2.05) is 0 Å². The summed E-state index contributed by atoms with van der Waals surface area (Å²) in [6.07, 6.45) is -4.77. The van der Waals surface area contributed by atoms with Gasteiger partial charge in [0.15, 0.2) is 0 Å². The molecule has 0 unspecified atom stereocenters. The van der Waals surface area contributed by atoms with Gasteiger partial charge in [0.2, 0.25) is 0 Å². The molecule has 3 rings (SSSR count). The highest BCUT2D eigenvalue weighted by atomic mass is 35.5. The minimum absolute atomic E-state index is 0.0855. The van der Waals surface area contributed by atoms with Crippen molar-refractivity contribution >= 4 is 22.5 Å². The van der Waals surface area contributed by atoms with Crippen LogP contribution in [0.2, 0.25) is 0 Å². The number of hydrogen-bond donors (Lipinski definition) is 0. The zero-order valence-electron chi connectivity index (χ0n) is 11.4. The van der Waals surface area contributed by atoms with Crippen molar-refractivity contribution in [2.45, 2.75) is 12.2 Å². The van der Waals surface area contributed by atoms with Crippen molar-refractivity contribution in [2.75, 3.05) is 0 Å². The maximum Gasteiger partial charge on any atom is 0.573 e. The van der Waals surface area contributed by atoms with Gasteiger partial charge in [-0.2, -0.15) is 5.10 Å². The Balaban J connectivity index is 2.07. The summed E-state index contributed by atoms with van der Waals surface area (Å²) in [5.41, 5.74) is 1.09. The smallest absolute Gasteiger partial charge is 0.406 e. The molecule has 0 amide bonds. The predicted molar refractivity (Wildman–Crippen MR) is 77.3 cm³/mol. The summed E-state index contributed by atoms with van der Waals surface area (Å²) in [6, 6.07) is 9.49. The topological polar surface area (TPSA) is 27.1 Å². The zero-order chi connectivity index (χ0) is 16.6. The summed E-state index contributed by atoms with van der Waals surface area (Å²) in [5, 5.41) is 4.78. The third-order valence-corrected chi connectivity index (χ3v) is 3.42. The third kappa shape index (κ3) is 3.10. The zero-order valence-corrected chi connectivity index (χ0v) is 12.2. The molecule has 1 heterocycles. The van der Waals surface area contributed by atoms with Gasteiger partial charge in [0.1, 0.15) is 17.1 Å². The van der Waals surface area contributed by atoms with Crippen molar-refractivity contribution in [3.8, 4) is 11.4 Å². The Morgan fingerprint density at radius 1 is 1.09 bits per heavy atom. The van der Waals surface area contributed by atoms with E-state index in [9.17, 15) is 17.6 Å². The maximum atomic E-state index is 14.1. The van der Waals surface area contributed by atoms with Crippen molar-refractivity contribution in [1.29, 1.82) is 0 Å². The van der Waals surface area contributed by atoms with Gasteiger partial charge < -0.3 is 4.74 Å². The van der Waals surface area contributed by atoms with E-state index in [0.717, 1.165) is 12.1 Å². The molecule has 1 aromatic heterocycles. The van der Waals surface area contributed by atoms with Crippen LogP contribution < -0.4 is 4.74 Å². The molecule has 0 radical (unpaired) electrons. The second-order valence-electron chi connectivity index (χ2n) is 4.67. The van der Waals surface area contributed by atoms with Crippen LogP contribution in [0.15, 0.2) is 42.5 Å². The molecule has 0 bridgehead atoms. The minimum Gasteiger partial charge on any atom is -0.406 e. The number of hydrogen-bond acceptors (Lipinski definition) is 2. The summed E-state index contributed by atoms with van der Waals surface area (Å²) < 4.78 is 55.7. The number of nitrogens with zero attached hydrogens (tertiary/aromatic N) is 2. The van der Waals surface area contributed by atoms with Crippen LogP contribution in [0.4, 0.5) is 17.6 Å². The number of rotatable bonds is 3. The molecule has 0 aliphatic heterocycles. The third-order valence-electron chi connectivity index (χ3n) is 3.17. The van der Waals surface area contributed by atoms with Crippen LogP contribution >= 0.6 is 11.6 Å². The Labute approximate surface area is 133 Å². The molecule has 0 aliphatic rings. The van der Waals surface area contributed by atoms with Gasteiger partial charge in [-0.15, -0.1) is 24.8 Å². The first-order chi connectivity index (χ1) is 10.9. The number of fused-ring (bicyclic) bond motifs is 1. The molecule has 3 aromatic rings. The highest BCUT2D eigenvalue weighted by Crippen LogP contribution is 2.28. The standard InChI is InChI=1S/C15H9ClF4N2O/c16-8-13-11-2-1-3-12(17)14(11)22(21-13)9-4-6-10(7-5-9)23-15(18,19)20/h1-7H,8H2. The van der Waals surface area contributed by atoms with Gasteiger partial charge in [0.05, 0.1) is 17.3 Å². The molecule has 0 fully saturated rings. The highest BCUT2D eigenvalue weighted by Gasteiger charge is 2.31. The lowest BCUT2D eigenvalue weighted by Crippen LogP contribution is -2.17. The number of benzene rings is 2. The Kier molecular flexibility index (Phi) is 3.89. The van der Waals surface area contributed by atoms with Crippen LogP contribution in [0, 0.1) is 5.82 Å². The van der Waals surface area contributed by atoms with Crippen LogP contribution in [0.1, 0.15) is 5.69 Å². The van der Waals surface area contributed by atoms with Crippen LogP contribution in [0.5, 0.6) is 5.75 Å². The summed E-state index contributed by atoms with van der Waals surface area (Å²) in [6.45, 7) is 0.